The van der Waals surface area contributed by atoms with Crippen LogP contribution in [0.15, 0.2) is 37.2 Å². The molecule has 3 aromatic heterocycles. The van der Waals surface area contributed by atoms with Crippen LogP contribution in [0.4, 0.5) is 5.95 Å². The van der Waals surface area contributed by atoms with E-state index in [-0.39, 0.29) is 0 Å². The fraction of sp³-hybridized carbons (Fsp3) is 0.333. The predicted octanol–water partition coefficient (Wildman–Crippen LogP) is 2.37. The van der Waals surface area contributed by atoms with Crippen molar-refractivity contribution in [3.8, 4) is 17.1 Å². The molecule has 0 bridgehead atoms. The second kappa shape index (κ2) is 6.38. The van der Waals surface area contributed by atoms with Gasteiger partial charge in [-0.25, -0.2) is 15.0 Å². The molecule has 7 nitrogen and oxygen atoms in total. The Balaban J connectivity index is 1.90. The fourth-order valence-electron chi connectivity index (χ4n) is 2.25. The molecule has 0 saturated carbocycles. The van der Waals surface area contributed by atoms with Crippen LogP contribution in [0.2, 0.25) is 0 Å². The van der Waals surface area contributed by atoms with Gasteiger partial charge in [-0.2, -0.15) is 5.10 Å². The normalized spacial score (nSPS) is 10.8. The summed E-state index contributed by atoms with van der Waals surface area (Å²) in [6.45, 7) is 5.85. The summed E-state index contributed by atoms with van der Waals surface area (Å²) in [6, 6.07) is 0. The van der Waals surface area contributed by atoms with Crippen LogP contribution in [0, 0.1) is 0 Å². The van der Waals surface area contributed by atoms with Crippen molar-refractivity contribution < 1.29 is 0 Å². The Morgan fingerprint density at radius 3 is 2.64 bits per heavy atom. The van der Waals surface area contributed by atoms with Crippen LogP contribution in [0.5, 0.6) is 0 Å². The Kier molecular flexibility index (Phi) is 4.13. The van der Waals surface area contributed by atoms with Gasteiger partial charge in [0.25, 0.3) is 0 Å². The van der Waals surface area contributed by atoms with Gasteiger partial charge in [-0.3, -0.25) is 9.25 Å². The number of aryl methyl sites for hydroxylation is 1. The number of hydrogen-bond acceptors (Lipinski definition) is 5. The third-order valence-corrected chi connectivity index (χ3v) is 3.24. The van der Waals surface area contributed by atoms with Crippen LogP contribution < -0.4 is 5.32 Å². The molecule has 0 aromatic carbocycles. The maximum absolute atomic E-state index is 4.42. The second-order valence-corrected chi connectivity index (χ2v) is 4.91. The quantitative estimate of drug-likeness (QED) is 0.756. The molecular weight excluding hydrogens is 278 g/mol. The van der Waals surface area contributed by atoms with Gasteiger partial charge in [-0.05, 0) is 13.3 Å². The number of aromatic nitrogens is 6. The van der Waals surface area contributed by atoms with E-state index in [9.17, 15) is 0 Å². The van der Waals surface area contributed by atoms with Gasteiger partial charge in [0, 0.05) is 44.1 Å². The first kappa shape index (κ1) is 14.2. The fourth-order valence-corrected chi connectivity index (χ4v) is 2.25. The first-order valence-corrected chi connectivity index (χ1v) is 7.44. The van der Waals surface area contributed by atoms with Crippen molar-refractivity contribution in [3.05, 3.63) is 37.2 Å². The smallest absolute Gasteiger partial charge is 0.222 e. The summed E-state index contributed by atoms with van der Waals surface area (Å²) < 4.78 is 3.93. The maximum atomic E-state index is 4.42. The highest BCUT2D eigenvalue weighted by Gasteiger charge is 2.10. The van der Waals surface area contributed by atoms with Crippen LogP contribution in [-0.4, -0.2) is 35.8 Å². The highest BCUT2D eigenvalue weighted by Crippen LogP contribution is 2.20. The third kappa shape index (κ3) is 2.83. The lowest BCUT2D eigenvalue weighted by molar-refractivity contribution is 0.602. The maximum Gasteiger partial charge on any atom is 0.222 e. The molecule has 114 valence electrons. The first-order chi connectivity index (χ1) is 10.8. The summed E-state index contributed by atoms with van der Waals surface area (Å²) in [5.74, 6) is 1.43. The Bertz CT molecular complexity index is 726. The largest absolute Gasteiger partial charge is 0.355 e. The average molecular weight is 297 g/mol. The molecule has 0 saturated heterocycles. The monoisotopic (exact) mass is 297 g/mol. The number of nitrogens with zero attached hydrogens (tertiary/aromatic N) is 6. The number of rotatable bonds is 6. The molecule has 3 heterocycles. The molecule has 0 aliphatic carbocycles. The van der Waals surface area contributed by atoms with Crippen molar-refractivity contribution in [1.82, 2.24) is 29.3 Å². The minimum Gasteiger partial charge on any atom is -0.355 e. The van der Waals surface area contributed by atoms with Gasteiger partial charge in [0.2, 0.25) is 5.95 Å². The molecule has 0 unspecified atom stereocenters. The summed E-state index contributed by atoms with van der Waals surface area (Å²) in [4.78, 5) is 13.0. The lowest BCUT2D eigenvalue weighted by Gasteiger charge is -2.06. The van der Waals surface area contributed by atoms with Crippen LogP contribution in [0.25, 0.3) is 17.1 Å². The van der Waals surface area contributed by atoms with Gasteiger partial charge < -0.3 is 5.32 Å². The molecule has 0 amide bonds. The van der Waals surface area contributed by atoms with E-state index in [0.29, 0.717) is 5.95 Å². The summed E-state index contributed by atoms with van der Waals surface area (Å²) >= 11 is 0. The molecule has 3 rings (SSSR count). The van der Waals surface area contributed by atoms with Crippen LogP contribution in [-0.2, 0) is 6.54 Å². The summed E-state index contributed by atoms with van der Waals surface area (Å²) in [7, 11) is 0. The SMILES string of the molecule is CCCn1cc(-n2ccnc2-c2cnc(NCC)nc2)cn1. The Labute approximate surface area is 129 Å². The van der Waals surface area contributed by atoms with E-state index in [1.165, 1.54) is 0 Å². The van der Waals surface area contributed by atoms with E-state index in [2.05, 4.69) is 32.3 Å². The van der Waals surface area contributed by atoms with E-state index in [1.54, 1.807) is 18.6 Å². The lowest BCUT2D eigenvalue weighted by atomic mass is 10.3. The van der Waals surface area contributed by atoms with Crippen molar-refractivity contribution in [1.29, 1.82) is 0 Å². The molecule has 0 spiro atoms. The zero-order chi connectivity index (χ0) is 15.4. The topological polar surface area (TPSA) is 73.5 Å². The van der Waals surface area contributed by atoms with Crippen LogP contribution >= 0.6 is 0 Å². The lowest BCUT2D eigenvalue weighted by Crippen LogP contribution is -2.02. The number of imidazole rings is 1. The van der Waals surface area contributed by atoms with Gasteiger partial charge in [0.15, 0.2) is 0 Å². The van der Waals surface area contributed by atoms with E-state index >= 15 is 0 Å². The van der Waals surface area contributed by atoms with Gasteiger partial charge in [0.05, 0.1) is 17.4 Å². The van der Waals surface area contributed by atoms with Crippen molar-refractivity contribution in [3.63, 3.8) is 0 Å². The van der Waals surface area contributed by atoms with Gasteiger partial charge in [0.1, 0.15) is 5.82 Å². The molecular formula is C15H19N7. The third-order valence-electron chi connectivity index (χ3n) is 3.24. The molecule has 0 atom stereocenters. The molecule has 0 aliphatic rings. The van der Waals surface area contributed by atoms with Crippen LogP contribution in [0.3, 0.4) is 0 Å². The molecule has 1 N–H and O–H groups in total. The minimum atomic E-state index is 0.625. The number of anilines is 1. The molecule has 22 heavy (non-hydrogen) atoms. The number of hydrogen-bond donors (Lipinski definition) is 1. The van der Waals surface area contributed by atoms with Crippen molar-refractivity contribution >= 4 is 5.95 Å². The zero-order valence-corrected chi connectivity index (χ0v) is 12.8. The number of nitrogens with one attached hydrogen (secondary N) is 1. The van der Waals surface area contributed by atoms with E-state index in [4.69, 9.17) is 0 Å². The van der Waals surface area contributed by atoms with E-state index < -0.39 is 0 Å². The predicted molar refractivity (Wildman–Crippen MR) is 84.8 cm³/mol. The Morgan fingerprint density at radius 1 is 1.09 bits per heavy atom. The van der Waals surface area contributed by atoms with Crippen LogP contribution in [0.1, 0.15) is 20.3 Å². The first-order valence-electron chi connectivity index (χ1n) is 7.44. The highest BCUT2D eigenvalue weighted by molar-refractivity contribution is 5.56. The van der Waals surface area contributed by atoms with E-state index in [0.717, 1.165) is 36.6 Å². The zero-order valence-electron chi connectivity index (χ0n) is 12.8. The Hall–Kier alpha value is -2.70. The van der Waals surface area contributed by atoms with Crippen molar-refractivity contribution in [2.45, 2.75) is 26.8 Å². The molecule has 0 aliphatic heterocycles. The molecule has 0 radical (unpaired) electrons. The van der Waals surface area contributed by atoms with Gasteiger partial charge in [-0.15, -0.1) is 0 Å². The summed E-state index contributed by atoms with van der Waals surface area (Å²) in [5, 5.41) is 7.44. The summed E-state index contributed by atoms with van der Waals surface area (Å²) in [6.07, 6.45) is 12.2. The average Bonchev–Trinajstić information content (AvgIpc) is 3.17. The molecule has 0 fully saturated rings. The van der Waals surface area contributed by atoms with Crippen molar-refractivity contribution in [2.75, 3.05) is 11.9 Å². The minimum absolute atomic E-state index is 0.625. The van der Waals surface area contributed by atoms with Gasteiger partial charge >= 0.3 is 0 Å². The molecule has 3 aromatic rings. The second-order valence-electron chi connectivity index (χ2n) is 4.91. The van der Waals surface area contributed by atoms with Crippen molar-refractivity contribution in [2.24, 2.45) is 0 Å². The molecule has 7 heteroatoms. The summed E-state index contributed by atoms with van der Waals surface area (Å²) in [5.41, 5.74) is 1.85. The standard InChI is InChI=1S/C15H19N7/c1-3-6-21-11-13(10-20-21)22-7-5-17-14(22)12-8-18-15(16-4-2)19-9-12/h5,7-11H,3-4,6H2,1-2H3,(H,16,18,19). The Morgan fingerprint density at radius 2 is 1.91 bits per heavy atom. The van der Waals surface area contributed by atoms with E-state index in [1.807, 2.05) is 34.8 Å². The highest BCUT2D eigenvalue weighted by atomic mass is 15.3. The van der Waals surface area contributed by atoms with Gasteiger partial charge in [-0.1, -0.05) is 6.92 Å².